The third-order valence-corrected chi connectivity index (χ3v) is 4.36. The Morgan fingerprint density at radius 2 is 2.05 bits per heavy atom. The van der Waals surface area contributed by atoms with Gasteiger partial charge < -0.3 is 9.47 Å². The minimum atomic E-state index is -4.04. The van der Waals surface area contributed by atoms with Gasteiger partial charge in [-0.1, -0.05) is 13.3 Å². The Hall–Kier alpha value is -0.790. The first-order valence-electron chi connectivity index (χ1n) is 5.80. The summed E-state index contributed by atoms with van der Waals surface area (Å²) < 4.78 is 33.3. The standard InChI is InChI=1S/C12H14BrClO5S/c1-3-4-5-19-12(15)8-6-9(13)11(18-2)10(7-8)20(14,16)17/h6-7H,3-5H2,1-2H3. The van der Waals surface area contributed by atoms with E-state index in [0.29, 0.717) is 4.47 Å². The van der Waals surface area contributed by atoms with Crippen molar-refractivity contribution in [2.75, 3.05) is 13.7 Å². The first-order chi connectivity index (χ1) is 9.31. The Labute approximate surface area is 130 Å². The summed E-state index contributed by atoms with van der Waals surface area (Å²) in [6.45, 7) is 2.25. The van der Waals surface area contributed by atoms with Gasteiger partial charge in [-0.25, -0.2) is 13.2 Å². The van der Waals surface area contributed by atoms with Gasteiger partial charge in [0.1, 0.15) is 4.90 Å². The molecule has 1 aromatic carbocycles. The Morgan fingerprint density at radius 3 is 2.55 bits per heavy atom. The normalized spacial score (nSPS) is 11.2. The van der Waals surface area contributed by atoms with Crippen molar-refractivity contribution in [1.29, 1.82) is 0 Å². The molecule has 0 aliphatic heterocycles. The molecule has 0 spiro atoms. The van der Waals surface area contributed by atoms with Gasteiger partial charge in [0.15, 0.2) is 5.75 Å². The first-order valence-corrected chi connectivity index (χ1v) is 8.90. The van der Waals surface area contributed by atoms with Crippen molar-refractivity contribution in [2.45, 2.75) is 24.7 Å². The highest BCUT2D eigenvalue weighted by Crippen LogP contribution is 2.35. The quantitative estimate of drug-likeness (QED) is 0.427. The SMILES string of the molecule is CCCCOC(=O)c1cc(Br)c(OC)c(S(=O)(=O)Cl)c1. The molecule has 8 heteroatoms. The summed E-state index contributed by atoms with van der Waals surface area (Å²) in [7, 11) is 2.61. The van der Waals surface area contributed by atoms with Crippen molar-refractivity contribution in [3.63, 3.8) is 0 Å². The molecule has 0 heterocycles. The van der Waals surface area contributed by atoms with E-state index in [4.69, 9.17) is 20.2 Å². The third kappa shape index (κ3) is 4.36. The van der Waals surface area contributed by atoms with Gasteiger partial charge in [-0.05, 0) is 34.5 Å². The average Bonchev–Trinajstić information content (AvgIpc) is 2.36. The molecular formula is C12H14BrClO5S. The highest BCUT2D eigenvalue weighted by molar-refractivity contribution is 9.10. The molecule has 0 saturated heterocycles. The molecule has 1 aromatic rings. The van der Waals surface area contributed by atoms with Crippen molar-refractivity contribution in [3.8, 4) is 5.75 Å². The van der Waals surface area contributed by atoms with Gasteiger partial charge in [0.2, 0.25) is 0 Å². The van der Waals surface area contributed by atoms with E-state index in [9.17, 15) is 13.2 Å². The van der Waals surface area contributed by atoms with Crippen molar-refractivity contribution in [1.82, 2.24) is 0 Å². The number of carbonyl (C=O) groups is 1. The molecule has 1 rings (SSSR count). The van der Waals surface area contributed by atoms with E-state index in [1.165, 1.54) is 13.2 Å². The maximum absolute atomic E-state index is 11.8. The Kier molecular flexibility index (Phi) is 6.29. The summed E-state index contributed by atoms with van der Waals surface area (Å²) in [5.41, 5.74) is 0.0907. The topological polar surface area (TPSA) is 69.7 Å². The molecule has 0 saturated carbocycles. The van der Waals surface area contributed by atoms with Crippen molar-refractivity contribution in [2.24, 2.45) is 0 Å². The van der Waals surface area contributed by atoms with Crippen LogP contribution < -0.4 is 4.74 Å². The Balaban J connectivity index is 3.18. The summed E-state index contributed by atoms with van der Waals surface area (Å²) in [4.78, 5) is 11.5. The number of hydrogen-bond acceptors (Lipinski definition) is 5. The highest BCUT2D eigenvalue weighted by atomic mass is 79.9. The molecule has 0 aromatic heterocycles. The molecule has 20 heavy (non-hydrogen) atoms. The molecule has 0 aliphatic rings. The molecule has 0 atom stereocenters. The van der Waals surface area contributed by atoms with E-state index in [1.807, 2.05) is 6.92 Å². The van der Waals surface area contributed by atoms with Gasteiger partial charge in [0.25, 0.3) is 9.05 Å². The molecular weight excluding hydrogens is 372 g/mol. The minimum Gasteiger partial charge on any atom is -0.494 e. The zero-order valence-corrected chi connectivity index (χ0v) is 14.1. The Bertz CT molecular complexity index is 600. The lowest BCUT2D eigenvalue weighted by molar-refractivity contribution is 0.0499. The molecule has 0 amide bonds. The van der Waals surface area contributed by atoms with Crippen LogP contribution in [0.5, 0.6) is 5.75 Å². The predicted octanol–water partition coefficient (Wildman–Crippen LogP) is 3.34. The zero-order valence-electron chi connectivity index (χ0n) is 11.0. The second kappa shape index (κ2) is 7.28. The van der Waals surface area contributed by atoms with E-state index >= 15 is 0 Å². The van der Waals surface area contributed by atoms with Crippen LogP contribution in [0.1, 0.15) is 30.1 Å². The van der Waals surface area contributed by atoms with Crippen LogP contribution in [0.4, 0.5) is 0 Å². The Morgan fingerprint density at radius 1 is 1.40 bits per heavy atom. The number of carbonyl (C=O) groups excluding carboxylic acids is 1. The summed E-state index contributed by atoms with van der Waals surface area (Å²) in [6.07, 6.45) is 1.63. The van der Waals surface area contributed by atoms with Crippen LogP contribution in [0.25, 0.3) is 0 Å². The first kappa shape index (κ1) is 17.3. The second-order valence-corrected chi connectivity index (χ2v) is 7.31. The predicted molar refractivity (Wildman–Crippen MR) is 78.9 cm³/mol. The molecule has 0 bridgehead atoms. The number of rotatable bonds is 6. The van der Waals surface area contributed by atoms with Gasteiger partial charge >= 0.3 is 5.97 Å². The van der Waals surface area contributed by atoms with Crippen LogP contribution in [0.2, 0.25) is 0 Å². The second-order valence-electron chi connectivity index (χ2n) is 3.92. The fourth-order valence-electron chi connectivity index (χ4n) is 1.46. The highest BCUT2D eigenvalue weighted by Gasteiger charge is 2.23. The minimum absolute atomic E-state index is 0.0464. The molecule has 5 nitrogen and oxygen atoms in total. The molecule has 0 radical (unpaired) electrons. The fraction of sp³-hybridized carbons (Fsp3) is 0.417. The average molecular weight is 386 g/mol. The van der Waals surface area contributed by atoms with Crippen LogP contribution in [0, 0.1) is 0 Å². The monoisotopic (exact) mass is 384 g/mol. The molecule has 0 N–H and O–H groups in total. The number of halogens is 2. The van der Waals surface area contributed by atoms with Gasteiger partial charge in [0, 0.05) is 10.7 Å². The van der Waals surface area contributed by atoms with E-state index in [0.717, 1.165) is 18.9 Å². The smallest absolute Gasteiger partial charge is 0.338 e. The number of benzene rings is 1. The fourth-order valence-corrected chi connectivity index (χ4v) is 3.24. The number of hydrogen-bond donors (Lipinski definition) is 0. The van der Waals surface area contributed by atoms with Gasteiger partial charge in [0.05, 0.1) is 23.8 Å². The van der Waals surface area contributed by atoms with Gasteiger partial charge in [-0.3, -0.25) is 0 Å². The van der Waals surface area contributed by atoms with Crippen LogP contribution in [0.3, 0.4) is 0 Å². The maximum atomic E-state index is 11.8. The van der Waals surface area contributed by atoms with Crippen LogP contribution in [-0.2, 0) is 13.8 Å². The van der Waals surface area contributed by atoms with Crippen molar-refractivity contribution in [3.05, 3.63) is 22.2 Å². The van der Waals surface area contributed by atoms with E-state index in [-0.39, 0.29) is 22.8 Å². The molecule has 112 valence electrons. The van der Waals surface area contributed by atoms with E-state index in [1.54, 1.807) is 0 Å². The zero-order chi connectivity index (χ0) is 15.3. The van der Waals surface area contributed by atoms with Crippen LogP contribution in [0.15, 0.2) is 21.5 Å². The number of esters is 1. The van der Waals surface area contributed by atoms with E-state index < -0.39 is 15.0 Å². The summed E-state index contributed by atoms with van der Waals surface area (Å²) in [5, 5.41) is 0. The molecule has 0 aliphatic carbocycles. The number of unbranched alkanes of at least 4 members (excludes halogenated alkanes) is 1. The summed E-state index contributed by atoms with van der Waals surface area (Å²) >= 11 is 3.14. The number of methoxy groups -OCH3 is 1. The number of ether oxygens (including phenoxy) is 2. The summed E-state index contributed by atoms with van der Waals surface area (Å²) in [6, 6.07) is 2.57. The van der Waals surface area contributed by atoms with Crippen molar-refractivity contribution < 1.29 is 22.7 Å². The molecule has 0 fully saturated rings. The van der Waals surface area contributed by atoms with Gasteiger partial charge in [-0.15, -0.1) is 0 Å². The van der Waals surface area contributed by atoms with Crippen LogP contribution in [-0.4, -0.2) is 28.1 Å². The largest absolute Gasteiger partial charge is 0.494 e. The molecule has 0 unspecified atom stereocenters. The van der Waals surface area contributed by atoms with E-state index in [2.05, 4.69) is 15.9 Å². The van der Waals surface area contributed by atoms with Crippen molar-refractivity contribution >= 4 is 41.6 Å². The summed E-state index contributed by atoms with van der Waals surface area (Å²) in [5.74, 6) is -0.562. The lowest BCUT2D eigenvalue weighted by atomic mass is 10.2. The van der Waals surface area contributed by atoms with Gasteiger partial charge in [-0.2, -0.15) is 0 Å². The third-order valence-electron chi connectivity index (χ3n) is 2.44. The van der Waals surface area contributed by atoms with Crippen LogP contribution >= 0.6 is 26.6 Å². The maximum Gasteiger partial charge on any atom is 0.338 e. The lowest BCUT2D eigenvalue weighted by Crippen LogP contribution is -2.08. The lowest BCUT2D eigenvalue weighted by Gasteiger charge is -2.11.